The second kappa shape index (κ2) is 13.1. The third kappa shape index (κ3) is 7.70. The first-order valence-electron chi connectivity index (χ1n) is 14.8. The normalized spacial score (nSPS) is 19.4. The summed E-state index contributed by atoms with van der Waals surface area (Å²) in [5.74, 6) is 2.01. The van der Waals surface area contributed by atoms with Crippen molar-refractivity contribution >= 4 is 17.5 Å². The average Bonchev–Trinajstić information content (AvgIpc) is 2.96. The van der Waals surface area contributed by atoms with Gasteiger partial charge in [-0.1, -0.05) is 65.8 Å². The van der Waals surface area contributed by atoms with Crippen molar-refractivity contribution in [3.05, 3.63) is 88.5 Å². The Morgan fingerprint density at radius 2 is 1.21 bits per heavy atom. The molecule has 2 unspecified atom stereocenters. The number of hydrogen-bond acceptors (Lipinski definition) is 6. The average molecular weight is 591 g/mol. The van der Waals surface area contributed by atoms with Crippen molar-refractivity contribution in [2.75, 3.05) is 20.8 Å². The molecule has 1 N–H and O–H groups in total. The van der Waals surface area contributed by atoms with Gasteiger partial charge in [0.15, 0.2) is 5.78 Å². The Morgan fingerprint density at radius 1 is 0.786 bits per heavy atom. The number of Topliss-reactive ketones (excluding diaryl/α,β-unsaturated/α-hetero) is 1. The summed E-state index contributed by atoms with van der Waals surface area (Å²) >= 11 is 1.96. The number of phenolic OH excluding ortho intramolecular Hbond substituents is 1. The van der Waals surface area contributed by atoms with Gasteiger partial charge in [-0.25, -0.2) is 0 Å². The van der Waals surface area contributed by atoms with Crippen LogP contribution in [-0.2, 0) is 15.6 Å². The summed E-state index contributed by atoms with van der Waals surface area (Å²) in [4.78, 5) is 13.5. The van der Waals surface area contributed by atoms with E-state index in [-0.39, 0.29) is 39.0 Å². The van der Waals surface area contributed by atoms with Crippen LogP contribution in [0.3, 0.4) is 0 Å². The maximum atomic E-state index is 13.5. The van der Waals surface area contributed by atoms with Crippen LogP contribution in [0.2, 0.25) is 0 Å². The molecule has 0 radical (unpaired) electrons. The van der Waals surface area contributed by atoms with Gasteiger partial charge >= 0.3 is 0 Å². The van der Waals surface area contributed by atoms with E-state index in [2.05, 4.69) is 65.8 Å². The van der Waals surface area contributed by atoms with Gasteiger partial charge in [-0.2, -0.15) is 0 Å². The van der Waals surface area contributed by atoms with E-state index in [0.29, 0.717) is 18.6 Å². The molecule has 3 aromatic carbocycles. The molecule has 0 aliphatic carbocycles. The minimum atomic E-state index is -0.288. The first-order chi connectivity index (χ1) is 19.8. The number of methoxy groups -OCH3 is 2. The summed E-state index contributed by atoms with van der Waals surface area (Å²) in [6, 6.07) is 20.3. The first-order valence-corrected chi connectivity index (χ1v) is 15.7. The van der Waals surface area contributed by atoms with E-state index < -0.39 is 0 Å². The molecule has 1 saturated heterocycles. The van der Waals surface area contributed by atoms with Crippen LogP contribution in [0, 0.1) is 0 Å². The number of benzene rings is 3. The van der Waals surface area contributed by atoms with E-state index in [9.17, 15) is 9.90 Å². The summed E-state index contributed by atoms with van der Waals surface area (Å²) in [5.41, 5.74) is 4.15. The lowest BCUT2D eigenvalue weighted by molar-refractivity contribution is 0.0358. The quantitative estimate of drug-likeness (QED) is 0.251. The molecule has 1 heterocycles. The summed E-state index contributed by atoms with van der Waals surface area (Å²) < 4.78 is 17.2. The van der Waals surface area contributed by atoms with Crippen LogP contribution in [0.4, 0.5) is 0 Å². The van der Waals surface area contributed by atoms with Crippen LogP contribution >= 0.6 is 11.8 Å². The minimum Gasteiger partial charge on any atom is -0.507 e. The summed E-state index contributed by atoms with van der Waals surface area (Å²) in [6.45, 7) is 12.7. The smallest absolute Gasteiger partial charge is 0.165 e. The van der Waals surface area contributed by atoms with E-state index in [1.54, 1.807) is 14.2 Å². The molecule has 1 fully saturated rings. The van der Waals surface area contributed by atoms with Gasteiger partial charge < -0.3 is 19.3 Å². The van der Waals surface area contributed by atoms with Crippen LogP contribution in [0.15, 0.2) is 60.7 Å². The van der Waals surface area contributed by atoms with Gasteiger partial charge in [0.25, 0.3) is 0 Å². The molecule has 0 spiro atoms. The van der Waals surface area contributed by atoms with Gasteiger partial charge in [-0.05, 0) is 71.2 Å². The van der Waals surface area contributed by atoms with E-state index in [1.807, 2.05) is 48.2 Å². The van der Waals surface area contributed by atoms with Gasteiger partial charge in [-0.3, -0.25) is 4.79 Å². The SMILES string of the molecule is COc1ccc(C2CC(OCCC(=O)c3cc(C(C)(C)C)c(O)c(C(C)(C)C)c3)CC(c3ccc(OC)cc3)S2)cc1. The predicted octanol–water partition coefficient (Wildman–Crippen LogP) is 8.97. The van der Waals surface area contributed by atoms with Gasteiger partial charge in [0.05, 0.1) is 26.9 Å². The molecular formula is C36H46O5S. The van der Waals surface area contributed by atoms with Crippen LogP contribution in [0.5, 0.6) is 17.2 Å². The number of carbonyl (C=O) groups is 1. The molecule has 0 bridgehead atoms. The zero-order valence-electron chi connectivity index (χ0n) is 26.3. The maximum Gasteiger partial charge on any atom is 0.165 e. The molecule has 6 heteroatoms. The van der Waals surface area contributed by atoms with E-state index in [4.69, 9.17) is 14.2 Å². The van der Waals surface area contributed by atoms with Crippen molar-refractivity contribution in [1.82, 2.24) is 0 Å². The molecule has 0 amide bonds. The van der Waals surface area contributed by atoms with Crippen molar-refractivity contribution in [3.8, 4) is 17.2 Å². The van der Waals surface area contributed by atoms with Crippen molar-refractivity contribution in [2.45, 2.75) is 88.2 Å². The van der Waals surface area contributed by atoms with Crippen molar-refractivity contribution < 1.29 is 24.1 Å². The maximum absolute atomic E-state index is 13.5. The lowest BCUT2D eigenvalue weighted by atomic mass is 9.78. The van der Waals surface area contributed by atoms with Crippen LogP contribution in [0.1, 0.15) is 104 Å². The molecule has 226 valence electrons. The molecule has 1 aliphatic rings. The zero-order chi connectivity index (χ0) is 30.7. The number of phenols is 1. The van der Waals surface area contributed by atoms with E-state index in [1.165, 1.54) is 11.1 Å². The lowest BCUT2D eigenvalue weighted by Gasteiger charge is -2.35. The fourth-order valence-electron chi connectivity index (χ4n) is 5.49. The fraction of sp³-hybridized carbons (Fsp3) is 0.472. The minimum absolute atomic E-state index is 0.0216. The Balaban J connectivity index is 1.50. The Bertz CT molecular complexity index is 1260. The van der Waals surface area contributed by atoms with Crippen LogP contribution in [-0.4, -0.2) is 37.8 Å². The summed E-state index contributed by atoms with van der Waals surface area (Å²) in [7, 11) is 3.36. The van der Waals surface area contributed by atoms with E-state index >= 15 is 0 Å². The fourth-order valence-corrected chi connectivity index (χ4v) is 7.16. The van der Waals surface area contributed by atoms with Crippen LogP contribution < -0.4 is 9.47 Å². The van der Waals surface area contributed by atoms with Crippen molar-refractivity contribution in [1.29, 1.82) is 0 Å². The predicted molar refractivity (Wildman–Crippen MR) is 172 cm³/mol. The molecule has 3 aromatic rings. The Morgan fingerprint density at radius 3 is 1.60 bits per heavy atom. The third-order valence-corrected chi connectivity index (χ3v) is 9.57. The monoisotopic (exact) mass is 590 g/mol. The third-order valence-electron chi connectivity index (χ3n) is 7.99. The molecule has 42 heavy (non-hydrogen) atoms. The molecule has 0 saturated carbocycles. The molecule has 5 nitrogen and oxygen atoms in total. The Hall–Kier alpha value is -2.96. The highest BCUT2D eigenvalue weighted by molar-refractivity contribution is 7.99. The molecule has 1 aliphatic heterocycles. The lowest BCUT2D eigenvalue weighted by Crippen LogP contribution is -2.25. The standard InChI is InChI=1S/C36H46O5S/c1-35(2,3)29-19-25(20-30(34(29)38)36(4,5)6)31(37)17-18-41-28-21-32(23-9-13-26(39-7)14-10-23)42-33(22-28)24-11-15-27(40-8)16-12-24/h9-16,19-20,28,32-33,38H,17-18,21-22H2,1-8H3. The zero-order valence-corrected chi connectivity index (χ0v) is 27.1. The number of thioether (sulfide) groups is 1. The number of hydrogen-bond donors (Lipinski definition) is 1. The Kier molecular flexibility index (Phi) is 9.99. The van der Waals surface area contributed by atoms with Gasteiger partial charge in [0.2, 0.25) is 0 Å². The molecule has 4 rings (SSSR count). The van der Waals surface area contributed by atoms with Crippen molar-refractivity contribution in [3.63, 3.8) is 0 Å². The second-order valence-corrected chi connectivity index (χ2v) is 14.6. The second-order valence-electron chi connectivity index (χ2n) is 13.2. The van der Waals surface area contributed by atoms with Gasteiger partial charge in [-0.15, -0.1) is 11.8 Å². The summed E-state index contributed by atoms with van der Waals surface area (Å²) in [6.07, 6.45) is 2.06. The highest BCUT2D eigenvalue weighted by Gasteiger charge is 2.32. The number of carbonyl (C=O) groups excluding carboxylic acids is 1. The molecular weight excluding hydrogens is 544 g/mol. The molecule has 0 aromatic heterocycles. The Labute approximate surface area is 256 Å². The highest BCUT2D eigenvalue weighted by atomic mass is 32.2. The number of aromatic hydroxyl groups is 1. The number of ether oxygens (including phenoxy) is 3. The first kappa shape index (κ1) is 32.0. The topological polar surface area (TPSA) is 65.0 Å². The van der Waals surface area contributed by atoms with Gasteiger partial charge in [0, 0.05) is 33.6 Å². The van der Waals surface area contributed by atoms with Gasteiger partial charge in [0.1, 0.15) is 17.2 Å². The molecule has 2 atom stereocenters. The largest absolute Gasteiger partial charge is 0.507 e. The van der Waals surface area contributed by atoms with E-state index in [0.717, 1.165) is 35.5 Å². The van der Waals surface area contributed by atoms with Crippen LogP contribution in [0.25, 0.3) is 0 Å². The highest BCUT2D eigenvalue weighted by Crippen LogP contribution is 2.51. The van der Waals surface area contributed by atoms with Crippen molar-refractivity contribution in [2.24, 2.45) is 0 Å². The number of ketones is 1. The number of rotatable bonds is 9. The summed E-state index contributed by atoms with van der Waals surface area (Å²) in [5, 5.41) is 11.6.